The van der Waals surface area contributed by atoms with Gasteiger partial charge in [-0.1, -0.05) is 30.3 Å². The van der Waals surface area contributed by atoms with Gasteiger partial charge in [0, 0.05) is 6.54 Å². The van der Waals surface area contributed by atoms with Crippen molar-refractivity contribution >= 4 is 6.29 Å². The summed E-state index contributed by atoms with van der Waals surface area (Å²) in [7, 11) is 0. The molecule has 0 bridgehead atoms. The molecular weight excluding hydrogens is 226 g/mol. The number of hydrogen-bond donors (Lipinski definition) is 1. The number of nitrogens with one attached hydrogen (secondary N) is 1. The monoisotopic (exact) mass is 249 g/mol. The van der Waals surface area contributed by atoms with Gasteiger partial charge in [0.2, 0.25) is 0 Å². The largest absolute Gasteiger partial charge is 0.371 e. The molecule has 0 radical (unpaired) electrons. The lowest BCUT2D eigenvalue weighted by atomic mass is 10.1. The molecule has 0 heterocycles. The molecule has 0 saturated carbocycles. The van der Waals surface area contributed by atoms with Gasteiger partial charge >= 0.3 is 0 Å². The molecule has 0 spiro atoms. The molecule has 0 amide bonds. The van der Waals surface area contributed by atoms with Crippen LogP contribution in [0, 0.1) is 0 Å². The fourth-order valence-corrected chi connectivity index (χ4v) is 1.79. The predicted octanol–water partition coefficient (Wildman–Crippen LogP) is 2.55. The summed E-state index contributed by atoms with van der Waals surface area (Å²) in [5.74, 6) is 0. The second-order valence-electron chi connectivity index (χ2n) is 5.46. The number of hydrogen-bond acceptors (Lipinski definition) is 3. The molecule has 3 heteroatoms. The van der Waals surface area contributed by atoms with Gasteiger partial charge in [0.25, 0.3) is 0 Å². The van der Waals surface area contributed by atoms with E-state index in [0.717, 1.165) is 11.8 Å². The van der Waals surface area contributed by atoms with Crippen LogP contribution >= 0.6 is 0 Å². The summed E-state index contributed by atoms with van der Waals surface area (Å²) in [6.45, 7) is 8.55. The lowest BCUT2D eigenvalue weighted by molar-refractivity contribution is -0.117. The highest BCUT2D eigenvalue weighted by Gasteiger charge is 2.22. The Balaban J connectivity index is 2.49. The van der Waals surface area contributed by atoms with E-state index in [1.165, 1.54) is 0 Å². The van der Waals surface area contributed by atoms with E-state index in [1.807, 2.05) is 58.0 Å². The van der Waals surface area contributed by atoms with Crippen LogP contribution in [0.25, 0.3) is 0 Å². The molecule has 3 nitrogen and oxygen atoms in total. The van der Waals surface area contributed by atoms with Crippen molar-refractivity contribution in [1.82, 2.24) is 5.32 Å². The van der Waals surface area contributed by atoms with Gasteiger partial charge in [0.1, 0.15) is 6.29 Å². The number of carbonyl (C=O) groups is 1. The van der Waals surface area contributed by atoms with Crippen LogP contribution in [0.5, 0.6) is 0 Å². The number of rotatable bonds is 6. The van der Waals surface area contributed by atoms with Crippen molar-refractivity contribution in [3.05, 3.63) is 35.9 Å². The highest BCUT2D eigenvalue weighted by atomic mass is 16.5. The first-order chi connectivity index (χ1) is 8.42. The van der Waals surface area contributed by atoms with Gasteiger partial charge in [-0.15, -0.1) is 0 Å². The topological polar surface area (TPSA) is 38.3 Å². The zero-order chi connectivity index (χ0) is 13.6. The van der Waals surface area contributed by atoms with Gasteiger partial charge in [-0.3, -0.25) is 0 Å². The molecule has 0 fully saturated rings. The van der Waals surface area contributed by atoms with Gasteiger partial charge in [0.05, 0.1) is 17.7 Å². The molecule has 0 aliphatic rings. The Morgan fingerprint density at radius 2 is 1.89 bits per heavy atom. The third-order valence-corrected chi connectivity index (χ3v) is 2.58. The van der Waals surface area contributed by atoms with Crippen LogP contribution in [0.2, 0.25) is 0 Å². The maximum Gasteiger partial charge on any atom is 0.139 e. The van der Waals surface area contributed by atoms with Crippen LogP contribution in [0.1, 0.15) is 33.3 Å². The average Bonchev–Trinajstić information content (AvgIpc) is 2.29. The lowest BCUT2D eigenvalue weighted by Crippen LogP contribution is -2.43. The standard InChI is InChI=1S/C15H23NO2/c1-12(18-15(2,3)4)14(11-17)16-10-13-8-6-5-7-9-13/h5-9,11-12,14,16H,10H2,1-4H3. The van der Waals surface area contributed by atoms with Crippen molar-refractivity contribution in [1.29, 1.82) is 0 Å². The molecule has 2 unspecified atom stereocenters. The highest BCUT2D eigenvalue weighted by molar-refractivity contribution is 5.58. The summed E-state index contributed by atoms with van der Waals surface area (Å²) in [5.41, 5.74) is 0.919. The molecule has 1 aromatic carbocycles. The third-order valence-electron chi connectivity index (χ3n) is 2.58. The summed E-state index contributed by atoms with van der Waals surface area (Å²) >= 11 is 0. The fraction of sp³-hybridized carbons (Fsp3) is 0.533. The Kier molecular flexibility index (Phi) is 5.51. The van der Waals surface area contributed by atoms with Crippen molar-refractivity contribution in [3.8, 4) is 0 Å². The Labute approximate surface area is 110 Å². The van der Waals surface area contributed by atoms with E-state index in [1.54, 1.807) is 0 Å². The summed E-state index contributed by atoms with van der Waals surface area (Å²) < 4.78 is 5.79. The molecule has 0 saturated heterocycles. The zero-order valence-electron chi connectivity index (χ0n) is 11.6. The van der Waals surface area contributed by atoms with Crippen LogP contribution in [-0.2, 0) is 16.1 Å². The molecule has 2 atom stereocenters. The molecule has 18 heavy (non-hydrogen) atoms. The van der Waals surface area contributed by atoms with Crippen molar-refractivity contribution in [2.24, 2.45) is 0 Å². The van der Waals surface area contributed by atoms with Crippen LogP contribution in [-0.4, -0.2) is 24.0 Å². The number of aldehydes is 1. The van der Waals surface area contributed by atoms with E-state index in [2.05, 4.69) is 5.32 Å². The van der Waals surface area contributed by atoms with Crippen molar-refractivity contribution < 1.29 is 9.53 Å². The van der Waals surface area contributed by atoms with E-state index in [-0.39, 0.29) is 17.7 Å². The molecule has 0 aliphatic heterocycles. The predicted molar refractivity (Wildman–Crippen MR) is 73.4 cm³/mol. The molecular formula is C15H23NO2. The first-order valence-corrected chi connectivity index (χ1v) is 6.33. The molecule has 100 valence electrons. The van der Waals surface area contributed by atoms with Crippen LogP contribution < -0.4 is 5.32 Å². The second kappa shape index (κ2) is 6.66. The van der Waals surface area contributed by atoms with Crippen molar-refractivity contribution in [2.75, 3.05) is 0 Å². The van der Waals surface area contributed by atoms with E-state index < -0.39 is 0 Å². The third kappa shape index (κ3) is 5.43. The van der Waals surface area contributed by atoms with Crippen LogP contribution in [0.3, 0.4) is 0 Å². The molecule has 1 aromatic rings. The smallest absolute Gasteiger partial charge is 0.139 e. The normalized spacial score (nSPS) is 15.1. The van der Waals surface area contributed by atoms with Crippen molar-refractivity contribution in [3.63, 3.8) is 0 Å². The number of benzene rings is 1. The van der Waals surface area contributed by atoms with E-state index in [0.29, 0.717) is 6.54 Å². The molecule has 0 aliphatic carbocycles. The Hall–Kier alpha value is -1.19. The van der Waals surface area contributed by atoms with Crippen molar-refractivity contribution in [2.45, 2.75) is 52.0 Å². The van der Waals surface area contributed by atoms with E-state index >= 15 is 0 Å². The highest BCUT2D eigenvalue weighted by Crippen LogP contribution is 2.12. The Morgan fingerprint density at radius 1 is 1.28 bits per heavy atom. The second-order valence-corrected chi connectivity index (χ2v) is 5.46. The summed E-state index contributed by atoms with van der Waals surface area (Å²) in [6.07, 6.45) is 0.769. The minimum Gasteiger partial charge on any atom is -0.371 e. The van der Waals surface area contributed by atoms with Gasteiger partial charge in [-0.25, -0.2) is 0 Å². The first-order valence-electron chi connectivity index (χ1n) is 6.33. The Bertz CT molecular complexity index is 357. The van der Waals surface area contributed by atoms with E-state index in [4.69, 9.17) is 4.74 Å². The SMILES string of the molecule is CC(OC(C)(C)C)C(C=O)NCc1ccccc1. The summed E-state index contributed by atoms with van der Waals surface area (Å²) in [6, 6.07) is 9.73. The van der Waals surface area contributed by atoms with Crippen LogP contribution in [0.4, 0.5) is 0 Å². The van der Waals surface area contributed by atoms with Crippen LogP contribution in [0.15, 0.2) is 30.3 Å². The van der Waals surface area contributed by atoms with Gasteiger partial charge < -0.3 is 14.8 Å². The molecule has 1 N–H and O–H groups in total. The Morgan fingerprint density at radius 3 is 2.39 bits per heavy atom. The lowest BCUT2D eigenvalue weighted by Gasteiger charge is -2.28. The minimum absolute atomic E-state index is 0.147. The number of ether oxygens (including phenoxy) is 1. The maximum atomic E-state index is 11.1. The molecule has 0 aromatic heterocycles. The molecule has 1 rings (SSSR count). The fourth-order valence-electron chi connectivity index (χ4n) is 1.79. The number of carbonyl (C=O) groups excluding carboxylic acids is 1. The van der Waals surface area contributed by atoms with Gasteiger partial charge in [0.15, 0.2) is 0 Å². The summed E-state index contributed by atoms with van der Waals surface area (Å²) in [5, 5.41) is 3.22. The zero-order valence-corrected chi connectivity index (χ0v) is 11.6. The quantitative estimate of drug-likeness (QED) is 0.787. The summed E-state index contributed by atoms with van der Waals surface area (Å²) in [4.78, 5) is 11.1. The minimum atomic E-state index is -0.288. The van der Waals surface area contributed by atoms with E-state index in [9.17, 15) is 4.79 Å². The average molecular weight is 249 g/mol. The maximum absolute atomic E-state index is 11.1. The van der Waals surface area contributed by atoms with Gasteiger partial charge in [-0.2, -0.15) is 0 Å². The van der Waals surface area contributed by atoms with Gasteiger partial charge in [-0.05, 0) is 33.3 Å². The first kappa shape index (κ1) is 14.9.